The van der Waals surface area contributed by atoms with Crippen molar-refractivity contribution in [2.75, 3.05) is 48.6 Å². The fraction of sp³-hybridized carbons (Fsp3) is 0.400. The molecule has 1 aliphatic heterocycles. The zero-order valence-corrected chi connectivity index (χ0v) is 17.6. The number of nitrogens with zero attached hydrogens (tertiary/aromatic N) is 2. The molecule has 3 N–H and O–H groups in total. The summed E-state index contributed by atoms with van der Waals surface area (Å²) in [5, 5.41) is 0.735. The van der Waals surface area contributed by atoms with Crippen molar-refractivity contribution in [3.63, 3.8) is 0 Å². The third-order valence-corrected chi connectivity index (χ3v) is 5.66. The number of benzene rings is 2. The van der Waals surface area contributed by atoms with Crippen LogP contribution >= 0.6 is 11.6 Å². The van der Waals surface area contributed by atoms with Gasteiger partial charge in [0.15, 0.2) is 0 Å². The minimum atomic E-state index is -3.31. The van der Waals surface area contributed by atoms with Crippen LogP contribution in [0.5, 0.6) is 0 Å². The van der Waals surface area contributed by atoms with Gasteiger partial charge in [0.05, 0.1) is 17.6 Å². The number of halogens is 1. The summed E-state index contributed by atoms with van der Waals surface area (Å²) in [4.78, 5) is 4.58. The molecule has 0 aromatic heterocycles. The topological polar surface area (TPSA) is 78.7 Å². The maximum Gasteiger partial charge on any atom is 0.229 e. The third-order valence-electron chi connectivity index (χ3n) is 4.82. The number of nitrogens with two attached hydrogens (primary N) is 1. The number of rotatable bonds is 7. The monoisotopic (exact) mass is 422 g/mol. The van der Waals surface area contributed by atoms with E-state index in [0.29, 0.717) is 5.69 Å². The van der Waals surface area contributed by atoms with E-state index < -0.39 is 10.0 Å². The fourth-order valence-electron chi connectivity index (χ4n) is 3.53. The first-order valence-corrected chi connectivity index (χ1v) is 11.6. The molecular weight excluding hydrogens is 396 g/mol. The molecule has 8 heteroatoms. The summed E-state index contributed by atoms with van der Waals surface area (Å²) in [5.41, 5.74) is 9.08. The summed E-state index contributed by atoms with van der Waals surface area (Å²) < 4.78 is 25.8. The van der Waals surface area contributed by atoms with Gasteiger partial charge in [-0.05, 0) is 36.2 Å². The predicted octanol–water partition coefficient (Wildman–Crippen LogP) is 2.40. The smallest absolute Gasteiger partial charge is 0.229 e. The molecule has 1 unspecified atom stereocenters. The van der Waals surface area contributed by atoms with Crippen molar-refractivity contribution in [2.24, 2.45) is 5.73 Å². The van der Waals surface area contributed by atoms with Gasteiger partial charge in [-0.2, -0.15) is 0 Å². The molecule has 152 valence electrons. The highest BCUT2D eigenvalue weighted by molar-refractivity contribution is 7.92. The molecule has 3 rings (SSSR count). The quantitative estimate of drug-likeness (QED) is 0.716. The second kappa shape index (κ2) is 9.13. The lowest BCUT2D eigenvalue weighted by Gasteiger charge is -2.37. The normalized spacial score (nSPS) is 16.8. The number of nitrogens with one attached hydrogen (secondary N) is 1. The molecule has 0 amide bonds. The van der Waals surface area contributed by atoms with Gasteiger partial charge in [-0.25, -0.2) is 8.42 Å². The van der Waals surface area contributed by atoms with E-state index in [9.17, 15) is 8.42 Å². The van der Waals surface area contributed by atoms with E-state index in [4.69, 9.17) is 17.3 Å². The average molecular weight is 423 g/mol. The van der Waals surface area contributed by atoms with Crippen LogP contribution in [0.1, 0.15) is 5.56 Å². The van der Waals surface area contributed by atoms with Crippen LogP contribution in [-0.4, -0.2) is 58.3 Å². The summed E-state index contributed by atoms with van der Waals surface area (Å²) in [7, 11) is -3.31. The molecule has 28 heavy (non-hydrogen) atoms. The molecule has 2 aromatic carbocycles. The van der Waals surface area contributed by atoms with Crippen molar-refractivity contribution in [2.45, 2.75) is 12.5 Å². The van der Waals surface area contributed by atoms with Gasteiger partial charge in [-0.15, -0.1) is 0 Å². The van der Waals surface area contributed by atoms with Crippen molar-refractivity contribution in [3.8, 4) is 0 Å². The SMILES string of the molecule is CS(=O)(=O)Nc1ccccc1N1CCN(CC(N)Cc2ccc(Cl)cc2)CC1. The van der Waals surface area contributed by atoms with Crippen LogP contribution < -0.4 is 15.4 Å². The van der Waals surface area contributed by atoms with Crippen LogP contribution in [0.2, 0.25) is 5.02 Å². The molecule has 1 fully saturated rings. The van der Waals surface area contributed by atoms with Gasteiger partial charge >= 0.3 is 0 Å². The van der Waals surface area contributed by atoms with Crippen molar-refractivity contribution < 1.29 is 8.42 Å². The fourth-order valence-corrected chi connectivity index (χ4v) is 4.22. The Morgan fingerprint density at radius 3 is 2.36 bits per heavy atom. The van der Waals surface area contributed by atoms with E-state index in [1.165, 1.54) is 11.8 Å². The van der Waals surface area contributed by atoms with Gasteiger partial charge in [0.1, 0.15) is 0 Å². The Balaban J connectivity index is 1.54. The van der Waals surface area contributed by atoms with Gasteiger partial charge in [-0.1, -0.05) is 35.9 Å². The molecule has 0 aliphatic carbocycles. The zero-order valence-electron chi connectivity index (χ0n) is 16.0. The Bertz CT molecular complexity index is 881. The van der Waals surface area contributed by atoms with Gasteiger partial charge in [-0.3, -0.25) is 9.62 Å². The molecule has 6 nitrogen and oxygen atoms in total. The Labute approximate surface area is 172 Å². The average Bonchev–Trinajstić information content (AvgIpc) is 2.63. The molecule has 1 aliphatic rings. The molecule has 1 atom stereocenters. The minimum Gasteiger partial charge on any atom is -0.367 e. The van der Waals surface area contributed by atoms with E-state index >= 15 is 0 Å². The predicted molar refractivity (Wildman–Crippen MR) is 117 cm³/mol. The van der Waals surface area contributed by atoms with Crippen LogP contribution in [0.25, 0.3) is 0 Å². The van der Waals surface area contributed by atoms with Gasteiger partial charge < -0.3 is 10.6 Å². The van der Waals surface area contributed by atoms with Gasteiger partial charge in [0, 0.05) is 43.8 Å². The molecule has 0 radical (unpaired) electrons. The van der Waals surface area contributed by atoms with Crippen LogP contribution in [0, 0.1) is 0 Å². The molecule has 0 spiro atoms. The Hall–Kier alpha value is -1.80. The first-order valence-electron chi connectivity index (χ1n) is 9.34. The summed E-state index contributed by atoms with van der Waals surface area (Å²) in [6, 6.07) is 15.4. The largest absolute Gasteiger partial charge is 0.367 e. The Morgan fingerprint density at radius 1 is 1.07 bits per heavy atom. The van der Waals surface area contributed by atoms with E-state index in [2.05, 4.69) is 14.5 Å². The van der Waals surface area contributed by atoms with E-state index in [0.717, 1.165) is 49.9 Å². The lowest BCUT2D eigenvalue weighted by Crippen LogP contribution is -2.50. The number of hydrogen-bond donors (Lipinski definition) is 2. The molecule has 0 saturated carbocycles. The second-order valence-corrected chi connectivity index (χ2v) is 9.45. The van der Waals surface area contributed by atoms with Crippen molar-refractivity contribution in [3.05, 3.63) is 59.1 Å². The third kappa shape index (κ3) is 6.10. The lowest BCUT2D eigenvalue weighted by molar-refractivity contribution is 0.242. The number of anilines is 2. The highest BCUT2D eigenvalue weighted by Gasteiger charge is 2.21. The summed E-state index contributed by atoms with van der Waals surface area (Å²) in [5.74, 6) is 0. The molecule has 1 heterocycles. The molecule has 2 aromatic rings. The lowest BCUT2D eigenvalue weighted by atomic mass is 10.1. The van der Waals surface area contributed by atoms with Gasteiger partial charge in [0.2, 0.25) is 10.0 Å². The van der Waals surface area contributed by atoms with Crippen LogP contribution in [-0.2, 0) is 16.4 Å². The van der Waals surface area contributed by atoms with Crippen molar-refractivity contribution in [1.29, 1.82) is 0 Å². The summed E-state index contributed by atoms with van der Waals surface area (Å²) >= 11 is 5.93. The van der Waals surface area contributed by atoms with Gasteiger partial charge in [0.25, 0.3) is 0 Å². The first kappa shape index (κ1) is 20.9. The standard InChI is InChI=1S/C20H27ClN4O2S/c1-28(26,27)23-19-4-2-3-5-20(19)25-12-10-24(11-13-25)15-18(22)14-16-6-8-17(21)9-7-16/h2-9,18,23H,10-15,22H2,1H3. The highest BCUT2D eigenvalue weighted by atomic mass is 35.5. The Morgan fingerprint density at radius 2 is 1.71 bits per heavy atom. The second-order valence-electron chi connectivity index (χ2n) is 7.27. The number of hydrogen-bond acceptors (Lipinski definition) is 5. The maximum atomic E-state index is 11.6. The first-order chi connectivity index (χ1) is 13.3. The molecule has 1 saturated heterocycles. The van der Waals surface area contributed by atoms with E-state index in [1.807, 2.05) is 42.5 Å². The van der Waals surface area contributed by atoms with Crippen molar-refractivity contribution >= 4 is 33.0 Å². The minimum absolute atomic E-state index is 0.0620. The summed E-state index contributed by atoms with van der Waals surface area (Å²) in [6.07, 6.45) is 1.99. The van der Waals surface area contributed by atoms with E-state index in [-0.39, 0.29) is 6.04 Å². The maximum absolute atomic E-state index is 11.6. The van der Waals surface area contributed by atoms with Crippen LogP contribution in [0.4, 0.5) is 11.4 Å². The number of para-hydroxylation sites is 2. The van der Waals surface area contributed by atoms with E-state index in [1.54, 1.807) is 6.07 Å². The highest BCUT2D eigenvalue weighted by Crippen LogP contribution is 2.27. The molecular formula is C20H27ClN4O2S. The van der Waals surface area contributed by atoms with Crippen molar-refractivity contribution in [1.82, 2.24) is 4.90 Å². The summed E-state index contributed by atoms with van der Waals surface area (Å²) in [6.45, 7) is 4.27. The number of sulfonamides is 1. The Kier molecular flexibility index (Phi) is 6.82. The zero-order chi connectivity index (χ0) is 20.1. The number of piperazine rings is 1. The van der Waals surface area contributed by atoms with Crippen LogP contribution in [0.15, 0.2) is 48.5 Å². The van der Waals surface area contributed by atoms with Crippen LogP contribution in [0.3, 0.4) is 0 Å². The molecule has 0 bridgehead atoms.